The second kappa shape index (κ2) is 12.6. The summed E-state index contributed by atoms with van der Waals surface area (Å²) in [6, 6.07) is 49.3. The molecule has 0 aliphatic heterocycles. The predicted molar refractivity (Wildman–Crippen MR) is 203 cm³/mol. The average molecular weight is 843 g/mol. The third kappa shape index (κ3) is 5.34. The normalized spacial score (nSPS) is 13.8. The van der Waals surface area contributed by atoms with Crippen molar-refractivity contribution < 1.29 is 30.3 Å². The topological polar surface area (TPSA) is 50.9 Å². The summed E-state index contributed by atoms with van der Waals surface area (Å²) in [5, 5.41) is 11.1. The number of aryl methyl sites for hydroxylation is 1. The number of aromatic hydroxyl groups is 1. The largest absolute Gasteiger partial charge is 0.507 e. The van der Waals surface area contributed by atoms with Crippen molar-refractivity contribution in [3.05, 3.63) is 168 Å². The van der Waals surface area contributed by atoms with Crippen LogP contribution in [0.15, 0.2) is 146 Å². The molecule has 0 bridgehead atoms. The van der Waals surface area contributed by atoms with Crippen molar-refractivity contribution >= 4 is 11.0 Å². The number of pyridine rings is 1. The fraction of sp³-hybridized carbons (Fsp3) is 0.0870. The summed E-state index contributed by atoms with van der Waals surface area (Å²) >= 11 is 0. The van der Waals surface area contributed by atoms with Crippen molar-refractivity contribution in [3.8, 4) is 67.5 Å². The Hall–Kier alpha value is -5.57. The Morgan fingerprint density at radius 1 is 0.706 bits per heavy atom. The molecule has 250 valence electrons. The van der Waals surface area contributed by atoms with Crippen molar-refractivity contribution in [1.29, 1.82) is 0 Å². The summed E-state index contributed by atoms with van der Waals surface area (Å²) in [5.41, 5.74) is 13.3. The van der Waals surface area contributed by atoms with Gasteiger partial charge in [-0.3, -0.25) is 9.55 Å². The van der Waals surface area contributed by atoms with Gasteiger partial charge in [0.25, 0.3) is 0 Å². The van der Waals surface area contributed by atoms with Crippen molar-refractivity contribution in [2.75, 3.05) is 0 Å². The van der Waals surface area contributed by atoms with Gasteiger partial charge in [0.05, 0.1) is 16.6 Å². The molecule has 1 aliphatic carbocycles. The Morgan fingerprint density at radius 2 is 1.43 bits per heavy atom. The number of nitrogens with zero attached hydrogens (tertiary/aromatic N) is 3. The van der Waals surface area contributed by atoms with Crippen LogP contribution in [0.5, 0.6) is 5.75 Å². The van der Waals surface area contributed by atoms with Gasteiger partial charge in [-0.2, -0.15) is 0 Å². The Morgan fingerprint density at radius 3 is 2.22 bits per heavy atom. The fourth-order valence-electron chi connectivity index (χ4n) is 7.59. The molecule has 0 unspecified atom stereocenters. The van der Waals surface area contributed by atoms with Gasteiger partial charge in [0.1, 0.15) is 11.6 Å². The summed E-state index contributed by atoms with van der Waals surface area (Å²) < 4.78 is 25.5. The van der Waals surface area contributed by atoms with Crippen LogP contribution in [0.1, 0.15) is 34.7 Å². The van der Waals surface area contributed by atoms with Gasteiger partial charge in [0.2, 0.25) is 0 Å². The minimum Gasteiger partial charge on any atom is -0.507 e. The molecule has 2 heterocycles. The van der Waals surface area contributed by atoms with Crippen molar-refractivity contribution in [2.45, 2.75) is 26.1 Å². The summed E-state index contributed by atoms with van der Waals surface area (Å²) in [7, 11) is 0. The molecule has 9 rings (SSSR count). The maximum atomic E-state index is 11.1. The molecule has 0 radical (unpaired) electrons. The molecule has 0 saturated heterocycles. The van der Waals surface area contributed by atoms with Crippen molar-refractivity contribution in [3.63, 3.8) is 0 Å². The van der Waals surface area contributed by atoms with Crippen LogP contribution in [0.3, 0.4) is 0 Å². The first-order valence-corrected chi connectivity index (χ1v) is 16.7. The molecule has 0 saturated carbocycles. The van der Waals surface area contributed by atoms with Crippen LogP contribution in [-0.2, 0) is 26.5 Å². The Balaban J connectivity index is 0.00000413. The molecule has 51 heavy (non-hydrogen) atoms. The Labute approximate surface area is 316 Å². The molecule has 0 amide bonds. The maximum Gasteiger partial charge on any atom is 0.148 e. The van der Waals surface area contributed by atoms with Gasteiger partial charge < -0.3 is 5.11 Å². The molecule has 8 aromatic rings. The molecule has 0 atom stereocenters. The van der Waals surface area contributed by atoms with E-state index in [0.717, 1.165) is 55.8 Å². The number of aromatic nitrogens is 3. The third-order valence-electron chi connectivity index (χ3n) is 9.95. The van der Waals surface area contributed by atoms with E-state index in [1.807, 2.05) is 60.7 Å². The number of rotatable bonds is 5. The van der Waals surface area contributed by atoms with Crippen LogP contribution in [0.2, 0.25) is 0 Å². The molecule has 0 spiro atoms. The molecule has 1 N–H and O–H groups in total. The summed E-state index contributed by atoms with van der Waals surface area (Å²) in [6.45, 7) is 2.38. The number of phenolic OH excluding ortho intramolecular Hbond substituents is 1. The molecule has 5 heteroatoms. The van der Waals surface area contributed by atoms with Gasteiger partial charge >= 0.3 is 0 Å². The predicted octanol–water partition coefficient (Wildman–Crippen LogP) is 11.2. The Bertz CT molecular complexity index is 2700. The van der Waals surface area contributed by atoms with E-state index in [2.05, 4.69) is 85.1 Å². The molecule has 1 aliphatic rings. The van der Waals surface area contributed by atoms with Gasteiger partial charge in [-0.25, -0.2) is 4.98 Å². The zero-order chi connectivity index (χ0) is 36.5. The van der Waals surface area contributed by atoms with E-state index in [1.54, 1.807) is 24.4 Å². The monoisotopic (exact) mass is 842 g/mol. The molecular weight excluding hydrogens is 806 g/mol. The van der Waals surface area contributed by atoms with E-state index >= 15 is 0 Å². The molecule has 0 fully saturated rings. The van der Waals surface area contributed by atoms with E-state index < -0.39 is 6.85 Å². The number of hydrogen-bond acceptors (Lipinski definition) is 3. The van der Waals surface area contributed by atoms with E-state index in [4.69, 9.17) is 14.1 Å². The summed E-state index contributed by atoms with van der Waals surface area (Å²) in [4.78, 5) is 10.2. The number of benzene rings is 6. The summed E-state index contributed by atoms with van der Waals surface area (Å²) in [6.07, 6.45) is 1.79. The van der Waals surface area contributed by atoms with E-state index in [1.165, 1.54) is 16.7 Å². The first-order chi connectivity index (χ1) is 25.6. The fourth-order valence-corrected chi connectivity index (χ4v) is 7.59. The third-order valence-corrected chi connectivity index (χ3v) is 9.95. The van der Waals surface area contributed by atoms with Crippen LogP contribution in [0.4, 0.5) is 0 Å². The Kier molecular flexibility index (Phi) is 7.23. The van der Waals surface area contributed by atoms with E-state index in [9.17, 15) is 5.11 Å². The first-order valence-electron chi connectivity index (χ1n) is 18.2. The molecule has 6 aromatic carbocycles. The smallest absolute Gasteiger partial charge is 0.148 e. The second-order valence-electron chi connectivity index (χ2n) is 13.3. The second-order valence-corrected chi connectivity index (χ2v) is 13.3. The van der Waals surface area contributed by atoms with Gasteiger partial charge in [-0.05, 0) is 70.9 Å². The molecular formula is C46H34N3OPt-. The summed E-state index contributed by atoms with van der Waals surface area (Å²) in [5.74, 6) is 0.803. The standard InChI is InChI=1S/C46H34N3O.Pt/c1-29-20-22-30(23-21-29)31-24-25-47-40(28-31)32-26-37-34-14-7-9-17-39(34)46(2,3)43(37)38(27-32)35-16-11-18-41-44(35)48-45(36-15-8-10-19-42(36)50)49(41)33-12-5-4-6-13-33;/h4-26,28,50H,1-3H3;/q-1;/i1D3;. The number of fused-ring (bicyclic) bond motifs is 4. The number of phenols is 1. The minimum atomic E-state index is -2.16. The van der Waals surface area contributed by atoms with Crippen molar-refractivity contribution in [1.82, 2.24) is 14.5 Å². The molecule has 2 aromatic heterocycles. The average Bonchev–Trinajstić information content (AvgIpc) is 3.67. The van der Waals surface area contributed by atoms with Gasteiger partial charge in [-0.15, -0.1) is 17.7 Å². The quantitative estimate of drug-likeness (QED) is 0.176. The molecule has 4 nitrogen and oxygen atoms in total. The van der Waals surface area contributed by atoms with E-state index in [0.29, 0.717) is 17.0 Å². The number of imidazole rings is 1. The van der Waals surface area contributed by atoms with Crippen LogP contribution < -0.4 is 0 Å². The minimum absolute atomic E-state index is 0. The van der Waals surface area contributed by atoms with Crippen LogP contribution in [0.25, 0.3) is 72.7 Å². The SMILES string of the molecule is [2H]C([2H])([2H])c1ccc(-c2ccnc(-c3[c-]c(-c4cccc5c4nc(-c4ccccc4O)n5-c4ccccc4)c4c(c3)-c3ccccc3C4(C)C)c2)cc1.[Pt]. The van der Waals surface area contributed by atoms with Gasteiger partial charge in [0, 0.05) is 42.8 Å². The van der Waals surface area contributed by atoms with Crippen LogP contribution in [-0.4, -0.2) is 19.6 Å². The zero-order valence-electron chi connectivity index (χ0n) is 31.0. The van der Waals surface area contributed by atoms with Gasteiger partial charge in [-0.1, -0.05) is 139 Å². The van der Waals surface area contributed by atoms with E-state index in [-0.39, 0.29) is 32.2 Å². The van der Waals surface area contributed by atoms with Crippen LogP contribution in [0, 0.1) is 12.9 Å². The number of para-hydroxylation sites is 3. The van der Waals surface area contributed by atoms with Crippen molar-refractivity contribution in [2.24, 2.45) is 0 Å². The zero-order valence-corrected chi connectivity index (χ0v) is 30.2. The maximum absolute atomic E-state index is 11.1. The van der Waals surface area contributed by atoms with Gasteiger partial charge in [0.15, 0.2) is 0 Å². The number of hydrogen-bond donors (Lipinski definition) is 1. The van der Waals surface area contributed by atoms with Crippen LogP contribution >= 0.6 is 0 Å². The first kappa shape index (κ1) is 29.2.